The molecule has 0 saturated heterocycles. The molecule has 0 radical (unpaired) electrons. The quantitative estimate of drug-likeness (QED) is 0.895. The predicted octanol–water partition coefficient (Wildman–Crippen LogP) is 3.05. The van der Waals surface area contributed by atoms with Crippen molar-refractivity contribution in [3.05, 3.63) is 51.8 Å². The number of aromatic nitrogens is 1. The molecule has 2 aromatic rings. The van der Waals surface area contributed by atoms with Crippen LogP contribution in [0.3, 0.4) is 0 Å². The molecule has 1 saturated carbocycles. The van der Waals surface area contributed by atoms with E-state index in [9.17, 15) is 4.79 Å². The Balaban J connectivity index is 2.28. The molecule has 0 amide bonds. The van der Waals surface area contributed by atoms with Gasteiger partial charge in [-0.2, -0.15) is 0 Å². The Morgan fingerprint density at radius 3 is 2.58 bits per heavy atom. The maximum Gasteiger partial charge on any atom is 0.274 e. The van der Waals surface area contributed by atoms with Crippen molar-refractivity contribution in [2.45, 2.75) is 32.7 Å². The van der Waals surface area contributed by atoms with Crippen LogP contribution in [0, 0.1) is 13.8 Å². The van der Waals surface area contributed by atoms with Crippen LogP contribution < -0.4 is 11.3 Å². The van der Waals surface area contributed by atoms with Crippen molar-refractivity contribution in [3.8, 4) is 11.3 Å². The summed E-state index contributed by atoms with van der Waals surface area (Å²) in [5, 5.41) is 0. The van der Waals surface area contributed by atoms with Crippen LogP contribution in [0.25, 0.3) is 11.3 Å². The van der Waals surface area contributed by atoms with Gasteiger partial charge in [0.2, 0.25) is 0 Å². The fourth-order valence-electron chi connectivity index (χ4n) is 2.50. The highest BCUT2D eigenvalue weighted by Crippen LogP contribution is 2.38. The molecule has 1 aliphatic rings. The van der Waals surface area contributed by atoms with Crippen molar-refractivity contribution in [3.63, 3.8) is 0 Å². The largest absolute Gasteiger partial charge is 0.394 e. The molecule has 1 fully saturated rings. The summed E-state index contributed by atoms with van der Waals surface area (Å²) < 4.78 is 1.87. The van der Waals surface area contributed by atoms with E-state index in [4.69, 9.17) is 5.73 Å². The number of rotatable bonds is 2. The maximum absolute atomic E-state index is 12.3. The molecule has 1 aliphatic carbocycles. The van der Waals surface area contributed by atoms with E-state index in [0.29, 0.717) is 11.7 Å². The van der Waals surface area contributed by atoms with E-state index in [0.717, 1.165) is 24.1 Å². The van der Waals surface area contributed by atoms with Crippen LogP contribution >= 0.6 is 0 Å². The second-order valence-corrected chi connectivity index (χ2v) is 5.40. The zero-order chi connectivity index (χ0) is 13.6. The van der Waals surface area contributed by atoms with Crippen molar-refractivity contribution in [1.82, 2.24) is 4.57 Å². The maximum atomic E-state index is 12.3. The Morgan fingerprint density at radius 2 is 1.89 bits per heavy atom. The minimum Gasteiger partial charge on any atom is -0.394 e. The molecule has 0 unspecified atom stereocenters. The first-order valence-electron chi connectivity index (χ1n) is 6.66. The molecular weight excluding hydrogens is 236 g/mol. The molecule has 19 heavy (non-hydrogen) atoms. The molecule has 2 N–H and O–H groups in total. The van der Waals surface area contributed by atoms with E-state index >= 15 is 0 Å². The molecule has 3 rings (SSSR count). The summed E-state index contributed by atoms with van der Waals surface area (Å²) >= 11 is 0. The average Bonchev–Trinajstić information content (AvgIpc) is 3.20. The first kappa shape index (κ1) is 12.0. The summed E-state index contributed by atoms with van der Waals surface area (Å²) in [6.45, 7) is 4.15. The highest BCUT2D eigenvalue weighted by molar-refractivity contribution is 5.66. The van der Waals surface area contributed by atoms with Gasteiger partial charge in [0.1, 0.15) is 0 Å². The van der Waals surface area contributed by atoms with Crippen LogP contribution in [0.1, 0.15) is 30.0 Å². The molecule has 0 atom stereocenters. The first-order chi connectivity index (χ1) is 9.08. The third-order valence-electron chi connectivity index (χ3n) is 3.73. The van der Waals surface area contributed by atoms with Crippen LogP contribution in [-0.4, -0.2) is 4.57 Å². The Morgan fingerprint density at radius 1 is 1.16 bits per heavy atom. The lowest BCUT2D eigenvalue weighted by Crippen LogP contribution is -2.23. The molecule has 3 nitrogen and oxygen atoms in total. The van der Waals surface area contributed by atoms with Crippen molar-refractivity contribution >= 4 is 5.69 Å². The molecule has 3 heteroatoms. The van der Waals surface area contributed by atoms with Crippen LogP contribution in [-0.2, 0) is 0 Å². The molecule has 98 valence electrons. The number of nitrogen functional groups attached to an aromatic ring is 1. The Labute approximate surface area is 112 Å². The average molecular weight is 254 g/mol. The van der Waals surface area contributed by atoms with Gasteiger partial charge in [0.05, 0.1) is 11.4 Å². The minimum absolute atomic E-state index is 0.0547. The fraction of sp³-hybridized carbons (Fsp3) is 0.312. The van der Waals surface area contributed by atoms with Gasteiger partial charge in [0, 0.05) is 11.6 Å². The van der Waals surface area contributed by atoms with E-state index in [-0.39, 0.29) is 5.56 Å². The lowest BCUT2D eigenvalue weighted by atomic mass is 10.0. The summed E-state index contributed by atoms with van der Waals surface area (Å²) in [5.41, 5.74) is 10.6. The molecule has 0 bridgehead atoms. The van der Waals surface area contributed by atoms with Crippen LogP contribution in [0.5, 0.6) is 0 Å². The van der Waals surface area contributed by atoms with Crippen LogP contribution in [0.2, 0.25) is 0 Å². The number of nitrogens with zero attached hydrogens (tertiary/aromatic N) is 1. The van der Waals surface area contributed by atoms with Crippen molar-refractivity contribution in [2.75, 3.05) is 5.73 Å². The van der Waals surface area contributed by atoms with Gasteiger partial charge in [0.15, 0.2) is 0 Å². The summed E-state index contributed by atoms with van der Waals surface area (Å²) in [6, 6.07) is 10.3. The van der Waals surface area contributed by atoms with Crippen LogP contribution in [0.4, 0.5) is 5.69 Å². The van der Waals surface area contributed by atoms with Gasteiger partial charge in [-0.1, -0.05) is 17.7 Å². The van der Waals surface area contributed by atoms with E-state index in [1.807, 2.05) is 10.6 Å². The van der Waals surface area contributed by atoms with Crippen molar-refractivity contribution in [1.29, 1.82) is 0 Å². The standard InChI is InChI=1S/C16H18N2O/c1-10-3-4-11(2)13(9-10)15-8-7-14(17)16(19)18(15)12-5-6-12/h3-4,7-9,12H,5-6,17H2,1-2H3. The smallest absolute Gasteiger partial charge is 0.274 e. The minimum atomic E-state index is -0.0547. The van der Waals surface area contributed by atoms with Gasteiger partial charge in [-0.25, -0.2) is 0 Å². The Kier molecular flexibility index (Phi) is 2.70. The summed E-state index contributed by atoms with van der Waals surface area (Å²) in [4.78, 5) is 12.3. The highest BCUT2D eigenvalue weighted by Gasteiger charge is 2.27. The molecule has 1 heterocycles. The highest BCUT2D eigenvalue weighted by atomic mass is 16.1. The van der Waals surface area contributed by atoms with Gasteiger partial charge in [-0.3, -0.25) is 4.79 Å². The first-order valence-corrected chi connectivity index (χ1v) is 6.66. The fourth-order valence-corrected chi connectivity index (χ4v) is 2.50. The van der Waals surface area contributed by atoms with Gasteiger partial charge in [0.25, 0.3) is 5.56 Å². The number of nitrogens with two attached hydrogens (primary N) is 1. The zero-order valence-electron chi connectivity index (χ0n) is 11.3. The van der Waals surface area contributed by atoms with Gasteiger partial charge in [-0.05, 0) is 50.5 Å². The van der Waals surface area contributed by atoms with Gasteiger partial charge in [-0.15, -0.1) is 0 Å². The second kappa shape index (κ2) is 4.26. The monoisotopic (exact) mass is 254 g/mol. The number of anilines is 1. The van der Waals surface area contributed by atoms with Crippen LogP contribution in [0.15, 0.2) is 35.1 Å². The molecule has 0 spiro atoms. The van der Waals surface area contributed by atoms with E-state index in [2.05, 4.69) is 32.0 Å². The lowest BCUT2D eigenvalue weighted by Gasteiger charge is -2.15. The number of hydrogen-bond acceptors (Lipinski definition) is 2. The summed E-state index contributed by atoms with van der Waals surface area (Å²) in [6.07, 6.45) is 2.14. The number of pyridine rings is 1. The normalized spacial score (nSPS) is 14.6. The molecule has 0 aliphatic heterocycles. The number of hydrogen-bond donors (Lipinski definition) is 1. The van der Waals surface area contributed by atoms with Crippen molar-refractivity contribution in [2.24, 2.45) is 0 Å². The molecular formula is C16H18N2O. The number of benzene rings is 1. The number of aryl methyl sites for hydroxylation is 2. The second-order valence-electron chi connectivity index (χ2n) is 5.40. The molecule has 1 aromatic heterocycles. The van der Waals surface area contributed by atoms with Crippen molar-refractivity contribution < 1.29 is 0 Å². The van der Waals surface area contributed by atoms with E-state index in [1.165, 1.54) is 11.1 Å². The van der Waals surface area contributed by atoms with E-state index < -0.39 is 0 Å². The molecule has 1 aromatic carbocycles. The Hall–Kier alpha value is -2.03. The predicted molar refractivity (Wildman–Crippen MR) is 78.3 cm³/mol. The topological polar surface area (TPSA) is 48.0 Å². The third-order valence-corrected chi connectivity index (χ3v) is 3.73. The summed E-state index contributed by atoms with van der Waals surface area (Å²) in [5.74, 6) is 0. The zero-order valence-corrected chi connectivity index (χ0v) is 11.3. The van der Waals surface area contributed by atoms with Gasteiger partial charge < -0.3 is 10.3 Å². The van der Waals surface area contributed by atoms with E-state index in [1.54, 1.807) is 6.07 Å². The summed E-state index contributed by atoms with van der Waals surface area (Å²) in [7, 11) is 0. The lowest BCUT2D eigenvalue weighted by molar-refractivity contribution is 0.718. The Bertz CT molecular complexity index is 696. The SMILES string of the molecule is Cc1ccc(C)c(-c2ccc(N)c(=O)n2C2CC2)c1. The third kappa shape index (κ3) is 2.05. The van der Waals surface area contributed by atoms with Gasteiger partial charge >= 0.3 is 0 Å².